The average Bonchev–Trinajstić information content (AvgIpc) is 2.58. The second-order valence-corrected chi connectivity index (χ2v) is 4.84. The molecule has 1 unspecified atom stereocenters. The fourth-order valence-electron chi connectivity index (χ4n) is 2.16. The van der Waals surface area contributed by atoms with Crippen molar-refractivity contribution in [1.29, 1.82) is 0 Å². The van der Waals surface area contributed by atoms with Crippen LogP contribution < -0.4 is 0 Å². The first-order chi connectivity index (χ1) is 6.74. The first-order valence-electron chi connectivity index (χ1n) is 5.69. The van der Waals surface area contributed by atoms with Crippen LogP contribution in [0.3, 0.4) is 0 Å². The zero-order valence-corrected chi connectivity index (χ0v) is 10.3. The van der Waals surface area contributed by atoms with E-state index in [9.17, 15) is 0 Å². The Hall–Kier alpha value is 0.210. The van der Waals surface area contributed by atoms with Crippen LogP contribution in [0.5, 0.6) is 0 Å². The molecule has 0 radical (unpaired) electrons. The van der Waals surface area contributed by atoms with Crippen LogP contribution in [0, 0.1) is 0 Å². The van der Waals surface area contributed by atoms with Crippen LogP contribution in [-0.4, -0.2) is 55.5 Å². The normalized spacial score (nSPS) is 23.6. The van der Waals surface area contributed by atoms with E-state index in [0.29, 0.717) is 0 Å². The van der Waals surface area contributed by atoms with Crippen molar-refractivity contribution in [3.05, 3.63) is 0 Å². The smallest absolute Gasteiger partial charge is 0.0224 e. The molecule has 0 saturated carbocycles. The second-order valence-electron chi connectivity index (χ2n) is 4.47. The predicted octanol–water partition coefficient (Wildman–Crippen LogP) is 2.03. The van der Waals surface area contributed by atoms with Gasteiger partial charge in [-0.15, -0.1) is 11.6 Å². The molecule has 1 rings (SSSR count). The van der Waals surface area contributed by atoms with E-state index in [1.54, 1.807) is 0 Å². The molecule has 0 aromatic carbocycles. The zero-order chi connectivity index (χ0) is 10.4. The maximum Gasteiger partial charge on any atom is 0.0224 e. The van der Waals surface area contributed by atoms with Crippen LogP contribution in [0.25, 0.3) is 0 Å². The Morgan fingerprint density at radius 3 is 2.86 bits per heavy atom. The van der Waals surface area contributed by atoms with Crippen molar-refractivity contribution in [2.45, 2.75) is 31.7 Å². The molecule has 1 aliphatic heterocycles. The van der Waals surface area contributed by atoms with Gasteiger partial charge in [-0.25, -0.2) is 0 Å². The molecule has 2 nitrogen and oxygen atoms in total. The van der Waals surface area contributed by atoms with E-state index in [-0.39, 0.29) is 0 Å². The molecule has 3 heteroatoms. The van der Waals surface area contributed by atoms with Gasteiger partial charge in [-0.2, -0.15) is 0 Å². The van der Waals surface area contributed by atoms with E-state index < -0.39 is 0 Å². The number of hydrogen-bond donors (Lipinski definition) is 0. The van der Waals surface area contributed by atoms with E-state index >= 15 is 0 Å². The lowest BCUT2D eigenvalue weighted by atomic mass is 10.1. The standard InChI is InChI=1S/C11H23ClN2/c1-13(2)9-10-14-8-4-6-11(14)5-3-7-12/h11H,3-10H2,1-2H3. The van der Waals surface area contributed by atoms with Crippen molar-refractivity contribution in [2.24, 2.45) is 0 Å². The van der Waals surface area contributed by atoms with E-state index in [1.807, 2.05) is 0 Å². The number of likely N-dealkylation sites (tertiary alicyclic amines) is 1. The number of hydrogen-bond acceptors (Lipinski definition) is 2. The van der Waals surface area contributed by atoms with Gasteiger partial charge in [0.2, 0.25) is 0 Å². The minimum atomic E-state index is 0.814. The molecular weight excluding hydrogens is 196 g/mol. The van der Waals surface area contributed by atoms with Crippen LogP contribution in [0.15, 0.2) is 0 Å². The largest absolute Gasteiger partial charge is 0.308 e. The highest BCUT2D eigenvalue weighted by molar-refractivity contribution is 6.17. The number of nitrogens with zero attached hydrogens (tertiary/aromatic N) is 2. The lowest BCUT2D eigenvalue weighted by Crippen LogP contribution is -2.35. The molecular formula is C11H23ClN2. The summed E-state index contributed by atoms with van der Waals surface area (Å²) >= 11 is 5.73. The monoisotopic (exact) mass is 218 g/mol. The molecule has 0 bridgehead atoms. The van der Waals surface area contributed by atoms with Gasteiger partial charge in [0.25, 0.3) is 0 Å². The van der Waals surface area contributed by atoms with Gasteiger partial charge in [-0.1, -0.05) is 0 Å². The molecule has 0 spiro atoms. The Morgan fingerprint density at radius 2 is 2.21 bits per heavy atom. The van der Waals surface area contributed by atoms with Crippen molar-refractivity contribution in [3.8, 4) is 0 Å². The van der Waals surface area contributed by atoms with Crippen LogP contribution >= 0.6 is 11.6 Å². The third-order valence-electron chi connectivity index (χ3n) is 3.00. The molecule has 1 fully saturated rings. The maximum absolute atomic E-state index is 5.73. The Bertz CT molecular complexity index is 150. The highest BCUT2D eigenvalue weighted by atomic mass is 35.5. The van der Waals surface area contributed by atoms with Crippen molar-refractivity contribution in [3.63, 3.8) is 0 Å². The van der Waals surface area contributed by atoms with Crippen LogP contribution in [0.4, 0.5) is 0 Å². The predicted molar refractivity (Wildman–Crippen MR) is 63.1 cm³/mol. The second kappa shape index (κ2) is 6.65. The summed E-state index contributed by atoms with van der Waals surface area (Å²) < 4.78 is 0. The summed E-state index contributed by atoms with van der Waals surface area (Å²) in [7, 11) is 4.29. The highest BCUT2D eigenvalue weighted by Gasteiger charge is 2.23. The minimum absolute atomic E-state index is 0.814. The highest BCUT2D eigenvalue weighted by Crippen LogP contribution is 2.20. The molecule has 0 N–H and O–H groups in total. The molecule has 1 heterocycles. The summed E-state index contributed by atoms with van der Waals surface area (Å²) in [5.74, 6) is 0.817. The first-order valence-corrected chi connectivity index (χ1v) is 6.22. The van der Waals surface area contributed by atoms with E-state index in [2.05, 4.69) is 23.9 Å². The van der Waals surface area contributed by atoms with Gasteiger partial charge < -0.3 is 4.90 Å². The third-order valence-corrected chi connectivity index (χ3v) is 3.27. The lowest BCUT2D eigenvalue weighted by Gasteiger charge is -2.25. The van der Waals surface area contributed by atoms with Crippen LogP contribution in [-0.2, 0) is 0 Å². The summed E-state index contributed by atoms with van der Waals surface area (Å²) in [5.41, 5.74) is 0. The number of alkyl halides is 1. The zero-order valence-electron chi connectivity index (χ0n) is 9.51. The van der Waals surface area contributed by atoms with Gasteiger partial charge in [0.15, 0.2) is 0 Å². The topological polar surface area (TPSA) is 6.48 Å². The van der Waals surface area contributed by atoms with E-state index in [1.165, 1.54) is 45.3 Å². The van der Waals surface area contributed by atoms with Crippen LogP contribution in [0.1, 0.15) is 25.7 Å². The molecule has 0 aromatic rings. The first kappa shape index (κ1) is 12.3. The molecule has 14 heavy (non-hydrogen) atoms. The average molecular weight is 219 g/mol. The Kier molecular flexibility index (Phi) is 5.83. The van der Waals surface area contributed by atoms with E-state index in [4.69, 9.17) is 11.6 Å². The van der Waals surface area contributed by atoms with Crippen molar-refractivity contribution < 1.29 is 0 Å². The third kappa shape index (κ3) is 4.16. The molecule has 1 aliphatic rings. The Labute approximate surface area is 93.2 Å². The van der Waals surface area contributed by atoms with Crippen molar-refractivity contribution in [2.75, 3.05) is 39.6 Å². The maximum atomic E-state index is 5.73. The van der Waals surface area contributed by atoms with Gasteiger partial charge >= 0.3 is 0 Å². The van der Waals surface area contributed by atoms with Crippen molar-refractivity contribution >= 4 is 11.6 Å². The van der Waals surface area contributed by atoms with Gasteiger partial charge in [-0.05, 0) is 46.3 Å². The molecule has 1 saturated heterocycles. The molecule has 84 valence electrons. The summed E-state index contributed by atoms with van der Waals surface area (Å²) in [6.07, 6.45) is 5.21. The summed E-state index contributed by atoms with van der Waals surface area (Å²) in [5, 5.41) is 0. The van der Waals surface area contributed by atoms with Gasteiger partial charge in [0, 0.05) is 25.0 Å². The molecule has 0 amide bonds. The van der Waals surface area contributed by atoms with Gasteiger partial charge in [-0.3, -0.25) is 4.90 Å². The van der Waals surface area contributed by atoms with Crippen LogP contribution in [0.2, 0.25) is 0 Å². The Balaban J connectivity index is 2.21. The fraction of sp³-hybridized carbons (Fsp3) is 1.00. The summed E-state index contributed by atoms with van der Waals surface area (Å²) in [6.45, 7) is 3.69. The van der Waals surface area contributed by atoms with Gasteiger partial charge in [0.05, 0.1) is 0 Å². The SMILES string of the molecule is CN(C)CCN1CCCC1CCCCl. The number of halogens is 1. The Morgan fingerprint density at radius 1 is 1.43 bits per heavy atom. The molecule has 1 atom stereocenters. The van der Waals surface area contributed by atoms with Crippen molar-refractivity contribution in [1.82, 2.24) is 9.80 Å². The summed E-state index contributed by atoms with van der Waals surface area (Å²) in [4.78, 5) is 4.89. The fourth-order valence-corrected chi connectivity index (χ4v) is 2.31. The minimum Gasteiger partial charge on any atom is -0.308 e. The number of rotatable bonds is 6. The molecule has 0 aromatic heterocycles. The van der Waals surface area contributed by atoms with Gasteiger partial charge in [0.1, 0.15) is 0 Å². The van der Waals surface area contributed by atoms with E-state index in [0.717, 1.165) is 11.9 Å². The lowest BCUT2D eigenvalue weighted by molar-refractivity contribution is 0.216. The quantitative estimate of drug-likeness (QED) is 0.630. The summed E-state index contributed by atoms with van der Waals surface area (Å²) in [6, 6.07) is 0.814. The number of likely N-dealkylation sites (N-methyl/N-ethyl adjacent to an activating group) is 1. The molecule has 0 aliphatic carbocycles.